The highest BCUT2D eigenvalue weighted by atomic mass is 19.4. The number of para-hydroxylation sites is 2. The molecule has 2 atom stereocenters. The van der Waals surface area contributed by atoms with Gasteiger partial charge in [-0.2, -0.15) is 13.2 Å². The fraction of sp³-hybridized carbons (Fsp3) is 0.360. The lowest BCUT2D eigenvalue weighted by atomic mass is 10.0. The van der Waals surface area contributed by atoms with Gasteiger partial charge in [0.1, 0.15) is 18.5 Å². The zero-order chi connectivity index (χ0) is 24.1. The molecule has 0 aliphatic carbocycles. The van der Waals surface area contributed by atoms with Gasteiger partial charge in [0.2, 0.25) is 0 Å². The van der Waals surface area contributed by atoms with E-state index in [1.54, 1.807) is 37.4 Å². The Balaban J connectivity index is 1.63. The fourth-order valence-electron chi connectivity index (χ4n) is 4.11. The molecule has 1 aliphatic heterocycles. The van der Waals surface area contributed by atoms with E-state index in [-0.39, 0.29) is 18.8 Å². The van der Waals surface area contributed by atoms with Gasteiger partial charge in [0, 0.05) is 17.6 Å². The summed E-state index contributed by atoms with van der Waals surface area (Å²) >= 11 is 0. The molecule has 0 amide bonds. The summed E-state index contributed by atoms with van der Waals surface area (Å²) in [5.41, 5.74) is 1.98. The van der Waals surface area contributed by atoms with Crippen molar-refractivity contribution in [2.75, 3.05) is 37.4 Å². The van der Waals surface area contributed by atoms with E-state index >= 15 is 0 Å². The van der Waals surface area contributed by atoms with Gasteiger partial charge in [-0.15, -0.1) is 0 Å². The average Bonchev–Trinajstić information content (AvgIpc) is 3.15. The highest BCUT2D eigenvalue weighted by Gasteiger charge is 2.30. The molecule has 0 saturated carbocycles. The molecule has 0 bridgehead atoms. The van der Waals surface area contributed by atoms with Crippen molar-refractivity contribution in [1.29, 1.82) is 0 Å². The number of ether oxygens (including phenoxy) is 1. The number of hydrogen-bond acceptors (Lipinski definition) is 4. The third-order valence-corrected chi connectivity index (χ3v) is 5.72. The third kappa shape index (κ3) is 5.57. The van der Waals surface area contributed by atoms with Gasteiger partial charge in [-0.25, -0.2) is 4.39 Å². The van der Waals surface area contributed by atoms with Crippen LogP contribution in [0, 0.1) is 11.8 Å². The van der Waals surface area contributed by atoms with E-state index in [1.807, 2.05) is 18.2 Å². The minimum absolute atomic E-state index is 0.220. The lowest BCUT2D eigenvalue weighted by Gasteiger charge is -2.28. The normalized spacial score (nSPS) is 18.3. The summed E-state index contributed by atoms with van der Waals surface area (Å²) in [5, 5.41) is 9.89. The number of nitrogens with zero attached hydrogens (tertiary/aromatic N) is 1. The van der Waals surface area contributed by atoms with Crippen LogP contribution in [0.15, 0.2) is 48.5 Å². The molecule has 3 aromatic rings. The smallest absolute Gasteiger partial charge is 0.406 e. The lowest BCUT2D eigenvalue weighted by molar-refractivity contribution is -0.140. The zero-order valence-corrected chi connectivity index (χ0v) is 18.7. The quantitative estimate of drug-likeness (QED) is 0.355. The molecule has 0 radical (unpaired) electrons. The van der Waals surface area contributed by atoms with Crippen molar-refractivity contribution in [3.05, 3.63) is 54.2 Å². The number of alkyl halides is 4. The van der Waals surface area contributed by atoms with Crippen molar-refractivity contribution in [2.24, 2.45) is 0 Å². The van der Waals surface area contributed by atoms with Crippen LogP contribution >= 0.6 is 0 Å². The molecule has 180 valence electrons. The maximum Gasteiger partial charge on any atom is 0.406 e. The number of nitrogens with one attached hydrogen (secondary N) is 3. The maximum atomic E-state index is 14.3. The molecule has 1 aliphatic rings. The second-order valence-electron chi connectivity index (χ2n) is 8.08. The van der Waals surface area contributed by atoms with Crippen molar-refractivity contribution in [2.45, 2.75) is 31.4 Å². The molecule has 9 heteroatoms. The summed E-state index contributed by atoms with van der Waals surface area (Å²) in [6, 6.07) is 13.6. The van der Waals surface area contributed by atoms with Crippen molar-refractivity contribution in [1.82, 2.24) is 9.88 Å². The first kappa shape index (κ1) is 23.8. The van der Waals surface area contributed by atoms with E-state index < -0.39 is 24.9 Å². The number of rotatable bonds is 6. The summed E-state index contributed by atoms with van der Waals surface area (Å²) in [7, 11) is 1.56. The Labute approximate surface area is 195 Å². The Hall–Kier alpha value is -3.38. The van der Waals surface area contributed by atoms with Crippen LogP contribution in [-0.4, -0.2) is 49.7 Å². The van der Waals surface area contributed by atoms with Crippen LogP contribution in [0.1, 0.15) is 12.1 Å². The van der Waals surface area contributed by atoms with Crippen LogP contribution in [0.2, 0.25) is 0 Å². The summed E-state index contributed by atoms with van der Waals surface area (Å²) in [6.07, 6.45) is -4.91. The molecule has 2 heterocycles. The SMILES string of the molecule is COc1ccccc1NCC#Cc1cc2c(NC3CCNCC3F)cccc2n1CC(F)(F)F. The summed E-state index contributed by atoms with van der Waals surface area (Å²) < 4.78 is 60.9. The Morgan fingerprint density at radius 1 is 1.15 bits per heavy atom. The number of anilines is 2. The Bertz CT molecular complexity index is 1200. The van der Waals surface area contributed by atoms with Crippen molar-refractivity contribution >= 4 is 22.3 Å². The largest absolute Gasteiger partial charge is 0.495 e. The molecular formula is C25H26F4N4O. The topological polar surface area (TPSA) is 50.2 Å². The Kier molecular flexibility index (Phi) is 7.17. The highest BCUT2D eigenvalue weighted by Crippen LogP contribution is 2.31. The molecule has 1 fully saturated rings. The molecule has 1 aromatic heterocycles. The van der Waals surface area contributed by atoms with E-state index in [1.165, 1.54) is 0 Å². The molecule has 3 N–H and O–H groups in total. The predicted molar refractivity (Wildman–Crippen MR) is 126 cm³/mol. The number of aromatic nitrogens is 1. The molecule has 1 saturated heterocycles. The number of piperidine rings is 1. The van der Waals surface area contributed by atoms with E-state index in [4.69, 9.17) is 4.74 Å². The number of methoxy groups -OCH3 is 1. The lowest BCUT2D eigenvalue weighted by Crippen LogP contribution is -2.45. The number of hydrogen-bond donors (Lipinski definition) is 3. The molecule has 4 rings (SSSR count). The Morgan fingerprint density at radius 3 is 2.71 bits per heavy atom. The van der Waals surface area contributed by atoms with Gasteiger partial charge in [0.25, 0.3) is 0 Å². The van der Waals surface area contributed by atoms with Crippen LogP contribution in [0.25, 0.3) is 10.9 Å². The molecular weight excluding hydrogens is 448 g/mol. The zero-order valence-electron chi connectivity index (χ0n) is 18.7. The molecule has 2 aromatic carbocycles. The van der Waals surface area contributed by atoms with Crippen LogP contribution in [-0.2, 0) is 6.54 Å². The van der Waals surface area contributed by atoms with Gasteiger partial charge in [-0.3, -0.25) is 0 Å². The predicted octanol–water partition coefficient (Wildman–Crippen LogP) is 4.79. The summed E-state index contributed by atoms with van der Waals surface area (Å²) in [4.78, 5) is 0. The van der Waals surface area contributed by atoms with Crippen LogP contribution in [0.4, 0.5) is 28.9 Å². The summed E-state index contributed by atoms with van der Waals surface area (Å²) in [6.45, 7) is -0.0155. The van der Waals surface area contributed by atoms with Crippen molar-refractivity contribution < 1.29 is 22.3 Å². The average molecular weight is 475 g/mol. The molecule has 34 heavy (non-hydrogen) atoms. The minimum Gasteiger partial charge on any atom is -0.495 e. The highest BCUT2D eigenvalue weighted by molar-refractivity contribution is 5.94. The first-order chi connectivity index (χ1) is 16.4. The maximum absolute atomic E-state index is 14.3. The third-order valence-electron chi connectivity index (χ3n) is 5.72. The second kappa shape index (κ2) is 10.3. The first-order valence-corrected chi connectivity index (χ1v) is 11.0. The van der Waals surface area contributed by atoms with Crippen molar-refractivity contribution in [3.63, 3.8) is 0 Å². The van der Waals surface area contributed by atoms with E-state index in [9.17, 15) is 17.6 Å². The van der Waals surface area contributed by atoms with Crippen LogP contribution < -0.4 is 20.7 Å². The van der Waals surface area contributed by atoms with E-state index in [0.29, 0.717) is 35.3 Å². The second-order valence-corrected chi connectivity index (χ2v) is 8.08. The van der Waals surface area contributed by atoms with Gasteiger partial charge in [0.05, 0.1) is 36.6 Å². The first-order valence-electron chi connectivity index (χ1n) is 11.0. The molecule has 0 spiro atoms. The van der Waals surface area contributed by atoms with Gasteiger partial charge in [-0.05, 0) is 49.2 Å². The van der Waals surface area contributed by atoms with Gasteiger partial charge >= 0.3 is 6.18 Å². The number of benzene rings is 2. The van der Waals surface area contributed by atoms with E-state index in [0.717, 1.165) is 10.3 Å². The van der Waals surface area contributed by atoms with Crippen molar-refractivity contribution in [3.8, 4) is 17.6 Å². The minimum atomic E-state index is -4.42. The Morgan fingerprint density at radius 2 is 1.94 bits per heavy atom. The fourth-order valence-corrected chi connectivity index (χ4v) is 4.11. The van der Waals surface area contributed by atoms with E-state index in [2.05, 4.69) is 27.8 Å². The monoisotopic (exact) mass is 474 g/mol. The standard InChI is InChI=1S/C25H26F4N4O/c1-34-24-10-3-2-7-22(24)31-12-5-6-17-14-18-20(32-21-11-13-30-15-19(21)26)8-4-9-23(18)33(17)16-25(27,28)29/h2-4,7-10,14,19,21,30-32H,11-13,15-16H2,1H3. The van der Waals surface area contributed by atoms with Crippen LogP contribution in [0.3, 0.4) is 0 Å². The number of fused-ring (bicyclic) bond motifs is 1. The van der Waals surface area contributed by atoms with Gasteiger partial charge in [0.15, 0.2) is 0 Å². The number of halogens is 4. The molecule has 5 nitrogen and oxygen atoms in total. The van der Waals surface area contributed by atoms with Gasteiger partial charge in [-0.1, -0.05) is 24.1 Å². The van der Waals surface area contributed by atoms with Gasteiger partial charge < -0.3 is 25.3 Å². The molecule has 2 unspecified atom stereocenters. The van der Waals surface area contributed by atoms with Crippen LogP contribution in [0.5, 0.6) is 5.75 Å². The summed E-state index contributed by atoms with van der Waals surface area (Å²) in [5.74, 6) is 6.42.